The Labute approximate surface area is 177 Å². The van der Waals surface area contributed by atoms with Gasteiger partial charge in [-0.3, -0.25) is 4.57 Å². The number of nitrogen functional groups attached to an aromatic ring is 1. The molecule has 0 saturated carbocycles. The molecule has 10 heteroatoms. The van der Waals surface area contributed by atoms with E-state index in [2.05, 4.69) is 26.8 Å². The highest BCUT2D eigenvalue weighted by molar-refractivity contribution is 6.29. The molecule has 0 aliphatic rings. The van der Waals surface area contributed by atoms with Crippen LogP contribution in [0.25, 0.3) is 11.3 Å². The number of nitriles is 1. The van der Waals surface area contributed by atoms with E-state index in [1.165, 1.54) is 21.4 Å². The maximum atomic E-state index is 13.3. The Bertz CT molecular complexity index is 1280. The first-order valence-corrected chi connectivity index (χ1v) is 9.32. The molecule has 0 aliphatic carbocycles. The van der Waals surface area contributed by atoms with Crippen LogP contribution in [0.4, 0.5) is 11.8 Å². The zero-order valence-corrected chi connectivity index (χ0v) is 17.1. The van der Waals surface area contributed by atoms with E-state index in [9.17, 15) is 10.1 Å². The van der Waals surface area contributed by atoms with Crippen molar-refractivity contribution in [2.45, 2.75) is 19.9 Å². The third-order valence-electron chi connectivity index (χ3n) is 4.35. The van der Waals surface area contributed by atoms with Crippen molar-refractivity contribution in [1.29, 1.82) is 5.26 Å². The Morgan fingerprint density at radius 2 is 2.20 bits per heavy atom. The third kappa shape index (κ3) is 3.81. The van der Waals surface area contributed by atoms with E-state index in [1.807, 2.05) is 19.9 Å². The summed E-state index contributed by atoms with van der Waals surface area (Å²) in [5.41, 5.74) is 7.10. The zero-order chi connectivity index (χ0) is 21.8. The van der Waals surface area contributed by atoms with Gasteiger partial charge < -0.3 is 11.1 Å². The summed E-state index contributed by atoms with van der Waals surface area (Å²) in [7, 11) is 0. The molecule has 3 aromatic rings. The molecule has 3 rings (SSSR count). The Morgan fingerprint density at radius 1 is 1.43 bits per heavy atom. The summed E-state index contributed by atoms with van der Waals surface area (Å²) in [5, 5.41) is 12.7. The lowest BCUT2D eigenvalue weighted by Gasteiger charge is -2.21. The molecule has 0 aromatic carbocycles. The second-order valence-electron chi connectivity index (χ2n) is 6.24. The van der Waals surface area contributed by atoms with Gasteiger partial charge in [0.2, 0.25) is 5.95 Å². The first kappa shape index (κ1) is 20.8. The van der Waals surface area contributed by atoms with Gasteiger partial charge in [0.05, 0.1) is 24.1 Å². The molecule has 3 heterocycles. The molecule has 1 atom stereocenters. The molecule has 3 aromatic heterocycles. The molecule has 0 fully saturated rings. The lowest BCUT2D eigenvalue weighted by molar-refractivity contribution is 0.749. The SMILES string of the molecule is C=C/C=C\C(=C/C)n1c(C(C)Nc2nc(N)ncc2C#N)cc2ncc(Cl)n2c1=O. The molecule has 0 saturated heterocycles. The number of halogens is 1. The second kappa shape index (κ2) is 8.63. The normalized spacial score (nSPS) is 12.8. The molecule has 0 amide bonds. The highest BCUT2D eigenvalue weighted by atomic mass is 35.5. The lowest BCUT2D eigenvalue weighted by Crippen LogP contribution is -2.30. The van der Waals surface area contributed by atoms with E-state index in [0.717, 1.165) is 0 Å². The summed E-state index contributed by atoms with van der Waals surface area (Å²) in [6, 6.07) is 3.31. The number of nitrogens with two attached hydrogens (primary N) is 1. The fraction of sp³-hybridized carbons (Fsp3) is 0.150. The molecule has 9 nitrogen and oxygen atoms in total. The number of anilines is 2. The minimum Gasteiger partial charge on any atom is -0.368 e. The Balaban J connectivity index is 2.22. The Kier molecular flexibility index (Phi) is 5.99. The molecule has 0 aliphatic heterocycles. The highest BCUT2D eigenvalue weighted by Gasteiger charge is 2.20. The van der Waals surface area contributed by atoms with Crippen LogP contribution >= 0.6 is 11.6 Å². The molecule has 0 spiro atoms. The van der Waals surface area contributed by atoms with Gasteiger partial charge in [-0.05, 0) is 19.9 Å². The third-order valence-corrected chi connectivity index (χ3v) is 4.61. The van der Waals surface area contributed by atoms with Gasteiger partial charge in [-0.1, -0.05) is 36.4 Å². The highest BCUT2D eigenvalue weighted by Crippen LogP contribution is 2.24. The van der Waals surface area contributed by atoms with E-state index in [-0.39, 0.29) is 28.2 Å². The van der Waals surface area contributed by atoms with Crippen molar-refractivity contribution in [3.8, 4) is 6.07 Å². The van der Waals surface area contributed by atoms with Gasteiger partial charge in [-0.15, -0.1) is 0 Å². The smallest absolute Gasteiger partial charge is 0.339 e. The minimum atomic E-state index is -0.452. The van der Waals surface area contributed by atoms with Crippen LogP contribution in [0.1, 0.15) is 31.1 Å². The van der Waals surface area contributed by atoms with Crippen molar-refractivity contribution in [2.75, 3.05) is 11.1 Å². The van der Waals surface area contributed by atoms with Crippen molar-refractivity contribution in [3.05, 3.63) is 76.2 Å². The van der Waals surface area contributed by atoms with Crippen LogP contribution in [-0.2, 0) is 0 Å². The second-order valence-corrected chi connectivity index (χ2v) is 6.63. The first-order valence-electron chi connectivity index (χ1n) is 8.95. The zero-order valence-electron chi connectivity index (χ0n) is 16.4. The van der Waals surface area contributed by atoms with Crippen LogP contribution in [0, 0.1) is 11.3 Å². The maximum Gasteiger partial charge on any atom is 0.339 e. The van der Waals surface area contributed by atoms with Gasteiger partial charge in [-0.2, -0.15) is 10.2 Å². The molecule has 3 N–H and O–H groups in total. The van der Waals surface area contributed by atoms with Gasteiger partial charge in [0.1, 0.15) is 28.3 Å². The summed E-state index contributed by atoms with van der Waals surface area (Å²) in [6.45, 7) is 7.32. The number of rotatable bonds is 6. The number of hydrogen-bond donors (Lipinski definition) is 2. The van der Waals surface area contributed by atoms with Crippen molar-refractivity contribution < 1.29 is 0 Å². The van der Waals surface area contributed by atoms with E-state index in [4.69, 9.17) is 17.3 Å². The Hall–Kier alpha value is -3.90. The largest absolute Gasteiger partial charge is 0.368 e. The molecular formula is C20H19ClN8O. The van der Waals surface area contributed by atoms with Crippen LogP contribution in [0.5, 0.6) is 0 Å². The quantitative estimate of drug-likeness (QED) is 0.584. The number of aromatic nitrogens is 5. The summed E-state index contributed by atoms with van der Waals surface area (Å²) in [5.74, 6) is 0.293. The average Bonchev–Trinajstić information content (AvgIpc) is 3.10. The number of nitrogens with one attached hydrogen (secondary N) is 1. The predicted molar refractivity (Wildman–Crippen MR) is 117 cm³/mol. The lowest BCUT2D eigenvalue weighted by atomic mass is 10.2. The first-order chi connectivity index (χ1) is 14.4. The fourth-order valence-corrected chi connectivity index (χ4v) is 3.16. The van der Waals surface area contributed by atoms with Crippen LogP contribution in [-0.4, -0.2) is 23.9 Å². The van der Waals surface area contributed by atoms with Crippen LogP contribution < -0.4 is 16.7 Å². The standard InChI is InChI=1S/C20H19ClN8O/c1-4-6-7-14(5-2)28-15(8-17-24-11-16(21)29(17)20(28)30)12(3)26-18-13(9-22)10-25-19(23)27-18/h4-8,10-12H,1H2,2-3H3,(H3,23,25,26,27)/b7-6-,14-5+. The molecule has 1 unspecified atom stereocenters. The number of fused-ring (bicyclic) bond motifs is 1. The van der Waals surface area contributed by atoms with E-state index in [1.54, 1.807) is 30.4 Å². The van der Waals surface area contributed by atoms with Gasteiger partial charge >= 0.3 is 5.69 Å². The fourth-order valence-electron chi connectivity index (χ4n) is 2.95. The monoisotopic (exact) mass is 422 g/mol. The van der Waals surface area contributed by atoms with Crippen molar-refractivity contribution >= 4 is 34.7 Å². The van der Waals surface area contributed by atoms with Crippen molar-refractivity contribution in [2.24, 2.45) is 0 Å². The minimum absolute atomic E-state index is 0.0274. The maximum absolute atomic E-state index is 13.3. The number of imidazole rings is 1. The summed E-state index contributed by atoms with van der Waals surface area (Å²) < 4.78 is 2.82. The summed E-state index contributed by atoms with van der Waals surface area (Å²) >= 11 is 6.17. The molecule has 152 valence electrons. The van der Waals surface area contributed by atoms with Crippen LogP contribution in [0.2, 0.25) is 5.15 Å². The molecule has 0 bridgehead atoms. The van der Waals surface area contributed by atoms with Crippen molar-refractivity contribution in [1.82, 2.24) is 23.9 Å². The molecule has 30 heavy (non-hydrogen) atoms. The molecular weight excluding hydrogens is 404 g/mol. The van der Waals surface area contributed by atoms with Crippen LogP contribution in [0.15, 0.2) is 54.1 Å². The van der Waals surface area contributed by atoms with Crippen molar-refractivity contribution in [3.63, 3.8) is 0 Å². The summed E-state index contributed by atoms with van der Waals surface area (Å²) in [4.78, 5) is 25.4. The number of nitrogens with zero attached hydrogens (tertiary/aromatic N) is 6. The predicted octanol–water partition coefficient (Wildman–Crippen LogP) is 3.17. The number of hydrogen-bond acceptors (Lipinski definition) is 7. The molecule has 0 radical (unpaired) electrons. The average molecular weight is 423 g/mol. The number of allylic oxidation sites excluding steroid dienone is 5. The van der Waals surface area contributed by atoms with Crippen LogP contribution in [0.3, 0.4) is 0 Å². The Morgan fingerprint density at radius 3 is 2.87 bits per heavy atom. The topological polar surface area (TPSA) is 127 Å². The van der Waals surface area contributed by atoms with Gasteiger partial charge in [0.15, 0.2) is 0 Å². The van der Waals surface area contributed by atoms with Gasteiger partial charge in [0, 0.05) is 11.8 Å². The van der Waals surface area contributed by atoms with E-state index in [0.29, 0.717) is 17.0 Å². The van der Waals surface area contributed by atoms with Gasteiger partial charge in [0.25, 0.3) is 0 Å². The van der Waals surface area contributed by atoms with Gasteiger partial charge in [-0.25, -0.2) is 19.2 Å². The summed E-state index contributed by atoms with van der Waals surface area (Å²) in [6.07, 6.45) is 9.64. The van der Waals surface area contributed by atoms with E-state index >= 15 is 0 Å². The van der Waals surface area contributed by atoms with E-state index < -0.39 is 6.04 Å².